The normalized spacial score (nSPS) is 46.7. The van der Waals surface area contributed by atoms with Crippen LogP contribution in [0.1, 0.15) is 49.8 Å². The number of carbonyl (C=O) groups is 1. The van der Waals surface area contributed by atoms with Crippen LogP contribution in [0.15, 0.2) is 30.2 Å². The summed E-state index contributed by atoms with van der Waals surface area (Å²) in [5.41, 5.74) is -5.75. The van der Waals surface area contributed by atoms with Crippen molar-refractivity contribution in [1.82, 2.24) is 4.90 Å². The molecule has 1 fully saturated rings. The average molecular weight is 265 g/mol. The van der Waals surface area contributed by atoms with Crippen molar-refractivity contribution in [2.75, 3.05) is 26.6 Å². The number of esters is 1. The van der Waals surface area contributed by atoms with Crippen LogP contribution >= 0.6 is 0 Å². The van der Waals surface area contributed by atoms with Crippen LogP contribution in [-0.4, -0.2) is 37.5 Å². The molecule has 3 heteroatoms. The van der Waals surface area contributed by atoms with Crippen LogP contribution in [-0.2, 0) is 14.9 Å². The lowest BCUT2D eigenvalue weighted by Gasteiger charge is -2.38. The first-order chi connectivity index (χ1) is 15.7. The summed E-state index contributed by atoms with van der Waals surface area (Å²) in [5.74, 6) is -2.53. The Kier molecular flexibility index (Phi) is 0.985. The van der Waals surface area contributed by atoms with E-state index in [4.69, 9.17) is 24.7 Å². The van der Waals surface area contributed by atoms with E-state index in [9.17, 15) is 4.79 Å². The maximum absolute atomic E-state index is 13.6. The summed E-state index contributed by atoms with van der Waals surface area (Å²) in [5, 5.41) is 0. The lowest BCUT2D eigenvalue weighted by Crippen LogP contribution is -2.47. The zero-order valence-corrected chi connectivity index (χ0v) is 9.26. The van der Waals surface area contributed by atoms with Gasteiger partial charge in [0, 0.05) is 15.1 Å². The van der Waals surface area contributed by atoms with Gasteiger partial charge in [-0.25, -0.2) is 0 Å². The fourth-order valence-corrected chi connectivity index (χ4v) is 1.28. The molecule has 3 nitrogen and oxygen atoms in total. The monoisotopic (exact) mass is 265 g/mol. The molecule has 2 rings (SSSR count). The summed E-state index contributed by atoms with van der Waals surface area (Å²) >= 11 is 0. The van der Waals surface area contributed by atoms with Gasteiger partial charge in [0.1, 0.15) is 0 Å². The van der Waals surface area contributed by atoms with Gasteiger partial charge in [0.2, 0.25) is 0 Å². The lowest BCUT2D eigenvalue weighted by molar-refractivity contribution is -0.152. The molecule has 0 spiro atoms. The highest BCUT2D eigenvalue weighted by atomic mass is 16.5. The second kappa shape index (κ2) is 5.53. The summed E-state index contributed by atoms with van der Waals surface area (Å²) in [6, 6.07) is -6.41. The third kappa shape index (κ3) is 2.41. The fourth-order valence-electron chi connectivity index (χ4n) is 1.28. The van der Waals surface area contributed by atoms with Gasteiger partial charge >= 0.3 is 5.97 Å². The van der Waals surface area contributed by atoms with Crippen LogP contribution < -0.4 is 0 Å². The van der Waals surface area contributed by atoms with E-state index in [0.717, 1.165) is 0 Å². The van der Waals surface area contributed by atoms with Gasteiger partial charge in [-0.2, -0.15) is 0 Å². The van der Waals surface area contributed by atoms with Gasteiger partial charge in [-0.15, -0.1) is 0 Å². The number of hydrogen-bond donors (Lipinski definition) is 0. The Balaban J connectivity index is 3.28. The largest absolute Gasteiger partial charge is 0.465 e. The number of ether oxygens (including phenoxy) is 1. The second-order valence-electron chi connectivity index (χ2n) is 3.27. The molecule has 0 N–H and O–H groups in total. The van der Waals surface area contributed by atoms with Gasteiger partial charge in [-0.05, 0) is 45.2 Å². The molecule has 98 valence electrons. The molecule has 1 aliphatic heterocycles. The number of likely N-dealkylation sites (tertiary alicyclic amines) is 1. The highest BCUT2D eigenvalue weighted by Gasteiger charge is 2.43. The zero-order chi connectivity index (χ0) is 28.8. The first-order valence-corrected chi connectivity index (χ1v) is 4.76. The summed E-state index contributed by atoms with van der Waals surface area (Å²) in [4.78, 5) is 13.6. The van der Waals surface area contributed by atoms with Crippen molar-refractivity contribution in [3.63, 3.8) is 0 Å². The van der Waals surface area contributed by atoms with Crippen molar-refractivity contribution in [2.45, 2.75) is 25.0 Å². The van der Waals surface area contributed by atoms with Gasteiger partial charge < -0.3 is 9.64 Å². The van der Waals surface area contributed by atoms with Gasteiger partial charge in [-0.3, -0.25) is 4.79 Å². The van der Waals surface area contributed by atoms with Crippen molar-refractivity contribution in [2.24, 2.45) is 0 Å². The van der Waals surface area contributed by atoms with Crippen LogP contribution in [0.25, 0.3) is 0 Å². The average Bonchev–Trinajstić information content (AvgIpc) is 2.70. The maximum Gasteiger partial charge on any atom is 0.316 e. The minimum absolute atomic E-state index is 0.0424. The molecule has 0 radical (unpaired) electrons. The van der Waals surface area contributed by atoms with Crippen LogP contribution in [0.3, 0.4) is 0 Å². The maximum atomic E-state index is 13.6. The standard InChI is InChI=1S/C15H21NO2/c1-3-18-14(17)15(9-11-16(2)12-10-15)13-7-5-4-6-8-13/h4-8H,3,9-12H2,1-2H3/i1D3,3D2,4D,5D,6D,7D,8D,9D2,10D2,11D2,12D2. The predicted octanol–water partition coefficient (Wildman–Crippen LogP) is 2.21. The molecule has 1 aromatic carbocycles. The van der Waals surface area contributed by atoms with E-state index < -0.39 is 86.3 Å². The molecule has 0 aliphatic carbocycles. The highest BCUT2D eigenvalue weighted by molar-refractivity contribution is 5.83. The van der Waals surface area contributed by atoms with Gasteiger partial charge in [0.15, 0.2) is 0 Å². The second-order valence-corrected chi connectivity index (χ2v) is 3.27. The Morgan fingerprint density at radius 1 is 1.56 bits per heavy atom. The summed E-state index contributed by atoms with van der Waals surface area (Å²) in [6.07, 6.45) is -8.14. The van der Waals surface area contributed by atoms with Crippen molar-refractivity contribution in [1.29, 1.82) is 0 Å². The third-order valence-electron chi connectivity index (χ3n) is 2.15. The molecular formula is C15H21NO2. The Morgan fingerprint density at radius 2 is 2.22 bits per heavy atom. The van der Waals surface area contributed by atoms with Crippen molar-refractivity contribution in [3.05, 3.63) is 35.8 Å². The zero-order valence-electron chi connectivity index (χ0n) is 27.3. The Bertz CT molecular complexity index is 1040. The third-order valence-corrected chi connectivity index (χ3v) is 2.15. The van der Waals surface area contributed by atoms with Crippen LogP contribution in [0, 0.1) is 0 Å². The smallest absolute Gasteiger partial charge is 0.316 e. The predicted molar refractivity (Wildman–Crippen MR) is 71.5 cm³/mol. The van der Waals surface area contributed by atoms with Gasteiger partial charge in [0.05, 0.1) is 21.6 Å². The number of hydrogen-bond acceptors (Lipinski definition) is 3. The number of rotatable bonds is 3. The molecule has 1 heterocycles. The minimum Gasteiger partial charge on any atom is -0.465 e. The van der Waals surface area contributed by atoms with E-state index in [-0.39, 0.29) is 4.90 Å². The van der Waals surface area contributed by atoms with E-state index >= 15 is 0 Å². The molecule has 1 aromatic rings. The van der Waals surface area contributed by atoms with Crippen LogP contribution in [0.5, 0.6) is 0 Å². The molecule has 0 aromatic heterocycles. The van der Waals surface area contributed by atoms with E-state index in [1.54, 1.807) is 0 Å². The first-order valence-electron chi connectivity index (χ1n) is 13.8. The van der Waals surface area contributed by atoms with E-state index in [2.05, 4.69) is 4.74 Å². The quantitative estimate of drug-likeness (QED) is 0.785. The molecule has 0 bridgehead atoms. The topological polar surface area (TPSA) is 29.5 Å². The van der Waals surface area contributed by atoms with Gasteiger partial charge in [-0.1, -0.05) is 30.2 Å². The molecule has 0 saturated carbocycles. The first kappa shape index (κ1) is 3.21. The summed E-state index contributed by atoms with van der Waals surface area (Å²) < 4.78 is 149. The number of carbonyl (C=O) groups excluding carboxylic acids is 1. The lowest BCUT2D eigenvalue weighted by atomic mass is 9.73. The molecule has 0 amide bonds. The van der Waals surface area contributed by atoms with Crippen molar-refractivity contribution >= 4 is 5.97 Å². The Hall–Kier alpha value is -1.35. The van der Waals surface area contributed by atoms with Crippen LogP contribution in [0.2, 0.25) is 0 Å². The molecule has 1 saturated heterocycles. The molecular weight excluding hydrogens is 226 g/mol. The fraction of sp³-hybridized carbons (Fsp3) is 0.533. The summed E-state index contributed by atoms with van der Waals surface area (Å²) in [7, 11) is 0.633. The number of nitrogens with zero attached hydrogens (tertiary/aromatic N) is 1. The summed E-state index contributed by atoms with van der Waals surface area (Å²) in [6.45, 7) is -15.1. The SMILES string of the molecule is [2H]c1c([2H])c([2H])c(C2(C(=O)OC([2H])([2H])C([2H])([2H])[2H])C([2H])([2H])C([2H])([2H])N(C)C([2H])([2H])C2([2H])[2H])c([2H])c1[2H]. The van der Waals surface area contributed by atoms with Crippen LogP contribution in [0.4, 0.5) is 0 Å². The van der Waals surface area contributed by atoms with Gasteiger partial charge in [0.25, 0.3) is 0 Å². The molecule has 0 atom stereocenters. The van der Waals surface area contributed by atoms with Crippen molar-refractivity contribution < 1.29 is 34.2 Å². The number of benzene rings is 1. The Labute approximate surface area is 134 Å². The van der Waals surface area contributed by atoms with E-state index in [1.807, 2.05) is 0 Å². The minimum atomic E-state index is -4.18. The van der Waals surface area contributed by atoms with Crippen molar-refractivity contribution in [3.8, 4) is 0 Å². The Morgan fingerprint density at radius 3 is 2.83 bits per heavy atom. The number of piperidine rings is 1. The van der Waals surface area contributed by atoms with E-state index in [0.29, 0.717) is 7.05 Å². The molecule has 0 unspecified atom stereocenters. The molecule has 1 aliphatic rings. The molecule has 18 heavy (non-hydrogen) atoms. The highest BCUT2D eigenvalue weighted by Crippen LogP contribution is 2.36. The van der Waals surface area contributed by atoms with E-state index in [1.165, 1.54) is 0 Å².